The first-order chi connectivity index (χ1) is 7.58. The summed E-state index contributed by atoms with van der Waals surface area (Å²) in [6.07, 6.45) is 0.0989. The summed E-state index contributed by atoms with van der Waals surface area (Å²) in [6, 6.07) is 3.58. The van der Waals surface area contributed by atoms with E-state index in [4.69, 9.17) is 9.84 Å². The van der Waals surface area contributed by atoms with E-state index in [-0.39, 0.29) is 6.42 Å². The van der Waals surface area contributed by atoms with Crippen molar-refractivity contribution in [1.29, 1.82) is 0 Å². The molecule has 2 N–H and O–H groups in total. The molecule has 0 aliphatic heterocycles. The minimum atomic E-state index is -1.00. The van der Waals surface area contributed by atoms with Crippen molar-refractivity contribution < 1.29 is 19.0 Å². The average molecular weight is 227 g/mol. The molecule has 16 heavy (non-hydrogen) atoms. The quantitative estimate of drug-likeness (QED) is 0.789. The molecule has 0 saturated carbocycles. The Kier molecular flexibility index (Phi) is 4.25. The minimum Gasteiger partial charge on any atom is -0.497 e. The predicted molar refractivity (Wildman–Crippen MR) is 57.1 cm³/mol. The first-order valence-corrected chi connectivity index (χ1v) is 4.81. The molecule has 1 aromatic carbocycles. The molecule has 0 saturated heterocycles. The second-order valence-corrected chi connectivity index (χ2v) is 3.34. The maximum absolute atomic E-state index is 13.5. The van der Waals surface area contributed by atoms with Crippen LogP contribution in [-0.2, 0) is 11.2 Å². The van der Waals surface area contributed by atoms with E-state index < -0.39 is 17.8 Å². The SMILES string of the molecule is CNC(Cc1ccc(OC)cc1F)C(=O)O. The summed E-state index contributed by atoms with van der Waals surface area (Å²) in [5.41, 5.74) is 0.350. The molecule has 5 heteroatoms. The van der Waals surface area contributed by atoms with Crippen molar-refractivity contribution in [2.75, 3.05) is 14.2 Å². The molecule has 0 bridgehead atoms. The zero-order valence-electron chi connectivity index (χ0n) is 9.16. The Bertz CT molecular complexity index is 381. The third-order valence-electron chi connectivity index (χ3n) is 2.33. The van der Waals surface area contributed by atoms with Crippen LogP contribution in [0.15, 0.2) is 18.2 Å². The number of hydrogen-bond donors (Lipinski definition) is 2. The molecule has 1 atom stereocenters. The molecule has 4 nitrogen and oxygen atoms in total. The molecule has 1 aromatic rings. The van der Waals surface area contributed by atoms with Crippen LogP contribution in [-0.4, -0.2) is 31.3 Å². The fraction of sp³-hybridized carbons (Fsp3) is 0.364. The summed E-state index contributed by atoms with van der Waals surface area (Å²) in [7, 11) is 2.97. The van der Waals surface area contributed by atoms with Crippen LogP contribution in [0, 0.1) is 5.82 Å². The summed E-state index contributed by atoms with van der Waals surface area (Å²) < 4.78 is 18.4. The summed E-state index contributed by atoms with van der Waals surface area (Å²) in [5.74, 6) is -1.05. The number of ether oxygens (including phenoxy) is 1. The highest BCUT2D eigenvalue weighted by atomic mass is 19.1. The number of aliphatic carboxylic acids is 1. The van der Waals surface area contributed by atoms with Crippen molar-refractivity contribution in [3.05, 3.63) is 29.6 Å². The lowest BCUT2D eigenvalue weighted by atomic mass is 10.1. The number of halogens is 1. The van der Waals surface area contributed by atoms with Gasteiger partial charge in [0.25, 0.3) is 0 Å². The first kappa shape index (κ1) is 12.4. The molecule has 0 fully saturated rings. The van der Waals surface area contributed by atoms with Crippen LogP contribution in [0.4, 0.5) is 4.39 Å². The van der Waals surface area contributed by atoms with E-state index in [9.17, 15) is 9.18 Å². The van der Waals surface area contributed by atoms with Crippen LogP contribution in [0.1, 0.15) is 5.56 Å². The Hall–Kier alpha value is -1.62. The highest BCUT2D eigenvalue weighted by molar-refractivity contribution is 5.73. The Labute approximate surface area is 93.0 Å². The number of benzene rings is 1. The lowest BCUT2D eigenvalue weighted by molar-refractivity contribution is -0.139. The normalized spacial score (nSPS) is 12.2. The van der Waals surface area contributed by atoms with Crippen LogP contribution >= 0.6 is 0 Å². The van der Waals surface area contributed by atoms with Crippen molar-refractivity contribution in [2.24, 2.45) is 0 Å². The van der Waals surface area contributed by atoms with Gasteiger partial charge in [0.1, 0.15) is 17.6 Å². The molecule has 0 aliphatic carbocycles. The fourth-order valence-corrected chi connectivity index (χ4v) is 1.35. The van der Waals surface area contributed by atoms with Crippen LogP contribution in [0.3, 0.4) is 0 Å². The molecular formula is C11H14FNO3. The maximum atomic E-state index is 13.5. The van der Waals surface area contributed by atoms with Crippen molar-refractivity contribution in [1.82, 2.24) is 5.32 Å². The highest BCUT2D eigenvalue weighted by Crippen LogP contribution is 2.17. The summed E-state index contributed by atoms with van der Waals surface area (Å²) >= 11 is 0. The molecule has 0 aliphatic rings. The first-order valence-electron chi connectivity index (χ1n) is 4.81. The summed E-state index contributed by atoms with van der Waals surface area (Å²) in [4.78, 5) is 10.8. The summed E-state index contributed by atoms with van der Waals surface area (Å²) in [5, 5.41) is 11.4. The van der Waals surface area contributed by atoms with Gasteiger partial charge in [0, 0.05) is 12.5 Å². The number of carboxylic acid groups (broad SMARTS) is 1. The standard InChI is InChI=1S/C11H14FNO3/c1-13-10(11(14)15)5-7-3-4-8(16-2)6-9(7)12/h3-4,6,10,13H,5H2,1-2H3,(H,14,15). The molecule has 1 unspecified atom stereocenters. The number of rotatable bonds is 5. The van der Waals surface area contributed by atoms with E-state index in [1.807, 2.05) is 0 Å². The molecule has 0 heterocycles. The zero-order valence-corrected chi connectivity index (χ0v) is 9.16. The molecule has 0 spiro atoms. The number of nitrogens with one attached hydrogen (secondary N) is 1. The van der Waals surface area contributed by atoms with Gasteiger partial charge >= 0.3 is 5.97 Å². The van der Waals surface area contributed by atoms with Crippen molar-refractivity contribution in [2.45, 2.75) is 12.5 Å². The smallest absolute Gasteiger partial charge is 0.321 e. The van der Waals surface area contributed by atoms with E-state index in [1.54, 1.807) is 6.07 Å². The third-order valence-corrected chi connectivity index (χ3v) is 2.33. The molecule has 88 valence electrons. The van der Waals surface area contributed by atoms with Gasteiger partial charge in [-0.1, -0.05) is 6.07 Å². The van der Waals surface area contributed by atoms with Gasteiger partial charge in [0.2, 0.25) is 0 Å². The second kappa shape index (κ2) is 5.46. The van der Waals surface area contributed by atoms with Gasteiger partial charge in [0.15, 0.2) is 0 Å². The van der Waals surface area contributed by atoms with Crippen molar-refractivity contribution in [3.63, 3.8) is 0 Å². The van der Waals surface area contributed by atoms with Gasteiger partial charge in [-0.25, -0.2) is 4.39 Å². The maximum Gasteiger partial charge on any atom is 0.321 e. The van der Waals surface area contributed by atoms with E-state index in [0.29, 0.717) is 11.3 Å². The number of carboxylic acids is 1. The van der Waals surface area contributed by atoms with Gasteiger partial charge in [-0.05, 0) is 18.7 Å². The van der Waals surface area contributed by atoms with Crippen LogP contribution in [0.2, 0.25) is 0 Å². The number of likely N-dealkylation sites (N-methyl/N-ethyl adjacent to an activating group) is 1. The topological polar surface area (TPSA) is 58.6 Å². The number of carbonyl (C=O) groups is 1. The monoisotopic (exact) mass is 227 g/mol. The van der Waals surface area contributed by atoms with Gasteiger partial charge in [-0.3, -0.25) is 4.79 Å². The van der Waals surface area contributed by atoms with E-state index in [0.717, 1.165) is 0 Å². The molecule has 0 aromatic heterocycles. The Balaban J connectivity index is 2.84. The predicted octanol–water partition coefficient (Wildman–Crippen LogP) is 1.05. The zero-order chi connectivity index (χ0) is 12.1. The molecule has 0 amide bonds. The van der Waals surface area contributed by atoms with Crippen LogP contribution in [0.5, 0.6) is 5.75 Å². The van der Waals surface area contributed by atoms with Gasteiger partial charge < -0.3 is 15.2 Å². The Morgan fingerprint density at radius 1 is 1.62 bits per heavy atom. The third kappa shape index (κ3) is 2.93. The largest absolute Gasteiger partial charge is 0.497 e. The highest BCUT2D eigenvalue weighted by Gasteiger charge is 2.17. The van der Waals surface area contributed by atoms with Crippen LogP contribution in [0.25, 0.3) is 0 Å². The van der Waals surface area contributed by atoms with E-state index in [1.165, 1.54) is 26.3 Å². The molecule has 1 rings (SSSR count). The fourth-order valence-electron chi connectivity index (χ4n) is 1.35. The Morgan fingerprint density at radius 3 is 2.75 bits per heavy atom. The van der Waals surface area contributed by atoms with E-state index >= 15 is 0 Å². The lowest BCUT2D eigenvalue weighted by Gasteiger charge is -2.12. The molecule has 0 radical (unpaired) electrons. The van der Waals surface area contributed by atoms with Gasteiger partial charge in [0.05, 0.1) is 7.11 Å². The van der Waals surface area contributed by atoms with Crippen molar-refractivity contribution >= 4 is 5.97 Å². The lowest BCUT2D eigenvalue weighted by Crippen LogP contribution is -2.36. The minimum absolute atomic E-state index is 0.0989. The number of hydrogen-bond acceptors (Lipinski definition) is 3. The Morgan fingerprint density at radius 2 is 2.31 bits per heavy atom. The van der Waals surface area contributed by atoms with Crippen molar-refractivity contribution in [3.8, 4) is 5.75 Å². The van der Waals surface area contributed by atoms with E-state index in [2.05, 4.69) is 5.32 Å². The summed E-state index contributed by atoms with van der Waals surface area (Å²) in [6.45, 7) is 0. The molecular weight excluding hydrogens is 213 g/mol. The van der Waals surface area contributed by atoms with Gasteiger partial charge in [-0.15, -0.1) is 0 Å². The van der Waals surface area contributed by atoms with Crippen LogP contribution < -0.4 is 10.1 Å². The van der Waals surface area contributed by atoms with Gasteiger partial charge in [-0.2, -0.15) is 0 Å². The number of methoxy groups -OCH3 is 1. The average Bonchev–Trinajstić information content (AvgIpc) is 2.26. The second-order valence-electron chi connectivity index (χ2n) is 3.34.